The third kappa shape index (κ3) is 7.63. The van der Waals surface area contributed by atoms with Gasteiger partial charge >= 0.3 is 25.4 Å². The molecule has 2 atom stereocenters. The number of fused-ring (bicyclic) bond motifs is 1. The number of hydrogen-bond acceptors (Lipinski definition) is 8. The SMILES string of the molecule is CCOC(=O)OC(C)OC(=O)c1cccc2c1OB(O)[C@@H](NC(=O)CCCC(F)(F)F)C2. The van der Waals surface area contributed by atoms with Crippen LogP contribution < -0.4 is 9.97 Å². The summed E-state index contributed by atoms with van der Waals surface area (Å²) in [6.45, 7) is 2.97. The molecule has 1 unspecified atom stereocenters. The van der Waals surface area contributed by atoms with E-state index in [-0.39, 0.29) is 37.2 Å². The first kappa shape index (κ1) is 25.3. The molecule has 0 saturated heterocycles. The Labute approximate surface area is 182 Å². The van der Waals surface area contributed by atoms with E-state index in [1.165, 1.54) is 19.1 Å². The van der Waals surface area contributed by atoms with Gasteiger partial charge in [-0.1, -0.05) is 12.1 Å². The zero-order valence-electron chi connectivity index (χ0n) is 17.4. The topological polar surface area (TPSA) is 120 Å². The Kier molecular flexibility index (Phi) is 8.76. The van der Waals surface area contributed by atoms with Crippen molar-refractivity contribution >= 4 is 25.2 Å². The van der Waals surface area contributed by atoms with Crippen LogP contribution in [0, 0.1) is 0 Å². The number of rotatable bonds is 8. The second-order valence-electron chi connectivity index (χ2n) is 6.92. The highest BCUT2D eigenvalue weighted by Gasteiger charge is 2.38. The highest BCUT2D eigenvalue weighted by Crippen LogP contribution is 2.31. The highest BCUT2D eigenvalue weighted by atomic mass is 19.4. The first-order valence-electron chi connectivity index (χ1n) is 9.87. The van der Waals surface area contributed by atoms with E-state index in [1.54, 1.807) is 13.0 Å². The minimum absolute atomic E-state index is 0.0240. The standard InChI is InChI=1S/C19H23BF3NO8/c1-3-29-18(27)31-11(2)30-17(26)13-7-4-6-12-10-14(20(28)32-16(12)13)24-15(25)8-5-9-19(21,22)23/h4,6-7,11,14,28H,3,5,8-10H2,1-2H3,(H,24,25)/t11?,14-/m0/s1. The van der Waals surface area contributed by atoms with E-state index < -0.39 is 50.0 Å². The zero-order chi connectivity index (χ0) is 23.9. The van der Waals surface area contributed by atoms with Gasteiger partial charge in [-0.15, -0.1) is 0 Å². The largest absolute Gasteiger partial charge is 0.547 e. The number of ether oxygens (including phenoxy) is 3. The minimum Gasteiger partial charge on any atom is -0.534 e. The maximum absolute atomic E-state index is 12.5. The molecule has 1 amide bonds. The van der Waals surface area contributed by atoms with E-state index in [2.05, 4.69) is 10.1 Å². The molecule has 2 N–H and O–H groups in total. The van der Waals surface area contributed by atoms with Gasteiger partial charge < -0.3 is 29.2 Å². The van der Waals surface area contributed by atoms with Gasteiger partial charge in [-0.05, 0) is 31.4 Å². The van der Waals surface area contributed by atoms with E-state index in [9.17, 15) is 32.6 Å². The molecular weight excluding hydrogens is 438 g/mol. The van der Waals surface area contributed by atoms with Crippen molar-refractivity contribution in [2.75, 3.05) is 6.61 Å². The Morgan fingerprint density at radius 1 is 1.31 bits per heavy atom. The first-order valence-corrected chi connectivity index (χ1v) is 9.87. The first-order chi connectivity index (χ1) is 15.0. The van der Waals surface area contributed by atoms with E-state index in [0.717, 1.165) is 0 Å². The molecule has 1 aliphatic heterocycles. The second-order valence-corrected chi connectivity index (χ2v) is 6.92. The van der Waals surface area contributed by atoms with Crippen molar-refractivity contribution in [3.05, 3.63) is 29.3 Å². The van der Waals surface area contributed by atoms with Crippen LogP contribution in [-0.2, 0) is 25.4 Å². The molecule has 0 bridgehead atoms. The predicted octanol–water partition coefficient (Wildman–Crippen LogP) is 2.53. The summed E-state index contributed by atoms with van der Waals surface area (Å²) in [5.41, 5.74) is 0.417. The minimum atomic E-state index is -4.35. The molecule has 32 heavy (non-hydrogen) atoms. The summed E-state index contributed by atoms with van der Waals surface area (Å²) in [6.07, 6.45) is -8.37. The molecule has 1 aromatic rings. The maximum atomic E-state index is 12.5. The zero-order valence-corrected chi connectivity index (χ0v) is 17.4. The Bertz CT molecular complexity index is 835. The van der Waals surface area contributed by atoms with Crippen LogP contribution in [0.3, 0.4) is 0 Å². The number of nitrogens with one attached hydrogen (secondary N) is 1. The fraction of sp³-hybridized carbons (Fsp3) is 0.526. The molecule has 0 aliphatic carbocycles. The van der Waals surface area contributed by atoms with Gasteiger partial charge in [-0.3, -0.25) is 4.79 Å². The van der Waals surface area contributed by atoms with Gasteiger partial charge in [0.2, 0.25) is 12.2 Å². The van der Waals surface area contributed by atoms with Crippen molar-refractivity contribution in [1.29, 1.82) is 0 Å². The normalized spacial score (nSPS) is 16.3. The quantitative estimate of drug-likeness (QED) is 0.344. The summed E-state index contributed by atoms with van der Waals surface area (Å²) >= 11 is 0. The molecular formula is C19H23BF3NO8. The van der Waals surface area contributed by atoms with Crippen LogP contribution in [0.1, 0.15) is 49.0 Å². The number of alkyl halides is 3. The number of halogens is 3. The van der Waals surface area contributed by atoms with Gasteiger partial charge in [0, 0.05) is 19.8 Å². The summed E-state index contributed by atoms with van der Waals surface area (Å²) in [5, 5.41) is 12.7. The lowest BCUT2D eigenvalue weighted by atomic mass is 9.72. The molecule has 2 rings (SSSR count). The Morgan fingerprint density at radius 3 is 2.69 bits per heavy atom. The third-order valence-electron chi connectivity index (χ3n) is 4.35. The number of benzene rings is 1. The number of hydrogen-bond donors (Lipinski definition) is 2. The van der Waals surface area contributed by atoms with Crippen LogP contribution in [0.15, 0.2) is 18.2 Å². The van der Waals surface area contributed by atoms with Crippen LogP contribution >= 0.6 is 0 Å². The molecule has 1 heterocycles. The summed E-state index contributed by atoms with van der Waals surface area (Å²) in [7, 11) is -1.55. The third-order valence-corrected chi connectivity index (χ3v) is 4.35. The molecule has 13 heteroatoms. The van der Waals surface area contributed by atoms with Crippen molar-refractivity contribution in [2.24, 2.45) is 0 Å². The van der Waals surface area contributed by atoms with E-state index in [0.29, 0.717) is 5.56 Å². The van der Waals surface area contributed by atoms with Crippen LogP contribution in [-0.4, -0.2) is 55.2 Å². The average Bonchev–Trinajstić information content (AvgIpc) is 2.67. The Morgan fingerprint density at radius 2 is 2.03 bits per heavy atom. The van der Waals surface area contributed by atoms with E-state index in [4.69, 9.17) is 14.1 Å². The van der Waals surface area contributed by atoms with Crippen molar-refractivity contribution in [3.63, 3.8) is 0 Å². The summed E-state index contributed by atoms with van der Waals surface area (Å²) in [5.74, 6) is -2.44. The number of amides is 1. The van der Waals surface area contributed by atoms with Gasteiger partial charge in [-0.25, -0.2) is 9.59 Å². The number of para-hydroxylation sites is 1. The number of carbonyl (C=O) groups is 3. The average molecular weight is 461 g/mol. The number of carbonyl (C=O) groups excluding carboxylic acids is 3. The van der Waals surface area contributed by atoms with Crippen LogP contribution in [0.25, 0.3) is 0 Å². The Hall–Kier alpha value is -2.96. The maximum Gasteiger partial charge on any atom is 0.547 e. The fourth-order valence-electron chi connectivity index (χ4n) is 2.96. The fourth-order valence-corrected chi connectivity index (χ4v) is 2.96. The summed E-state index contributed by atoms with van der Waals surface area (Å²) < 4.78 is 56.4. The van der Waals surface area contributed by atoms with E-state index in [1.807, 2.05) is 0 Å². The molecule has 0 saturated carbocycles. The van der Waals surface area contributed by atoms with E-state index >= 15 is 0 Å². The van der Waals surface area contributed by atoms with Gasteiger partial charge in [0.25, 0.3) is 0 Å². The molecule has 1 aromatic carbocycles. The molecule has 0 radical (unpaired) electrons. The monoisotopic (exact) mass is 461 g/mol. The van der Waals surface area contributed by atoms with Crippen molar-refractivity contribution in [2.45, 2.75) is 57.9 Å². The smallest absolute Gasteiger partial charge is 0.534 e. The highest BCUT2D eigenvalue weighted by molar-refractivity contribution is 6.47. The van der Waals surface area contributed by atoms with Crippen LogP contribution in [0.4, 0.5) is 18.0 Å². The molecule has 0 fully saturated rings. The van der Waals surface area contributed by atoms with Gasteiger partial charge in [0.05, 0.1) is 12.5 Å². The van der Waals surface area contributed by atoms with Gasteiger partial charge in [0.1, 0.15) is 11.3 Å². The van der Waals surface area contributed by atoms with Crippen LogP contribution in [0.2, 0.25) is 0 Å². The second kappa shape index (κ2) is 11.1. The molecule has 176 valence electrons. The predicted molar refractivity (Wildman–Crippen MR) is 104 cm³/mol. The van der Waals surface area contributed by atoms with Gasteiger partial charge in [-0.2, -0.15) is 13.2 Å². The molecule has 9 nitrogen and oxygen atoms in total. The van der Waals surface area contributed by atoms with Crippen molar-refractivity contribution in [1.82, 2.24) is 5.32 Å². The molecule has 0 spiro atoms. The lowest BCUT2D eigenvalue weighted by molar-refractivity contribution is -0.137. The van der Waals surface area contributed by atoms with Crippen molar-refractivity contribution in [3.8, 4) is 5.75 Å². The van der Waals surface area contributed by atoms with Gasteiger partial charge in [0.15, 0.2) is 0 Å². The molecule has 0 aromatic heterocycles. The molecule has 1 aliphatic rings. The summed E-state index contributed by atoms with van der Waals surface area (Å²) in [6, 6.07) is 4.50. The number of esters is 1. The lowest BCUT2D eigenvalue weighted by Crippen LogP contribution is -2.53. The van der Waals surface area contributed by atoms with Crippen LogP contribution in [0.5, 0.6) is 5.75 Å². The summed E-state index contributed by atoms with van der Waals surface area (Å²) in [4.78, 5) is 35.7. The lowest BCUT2D eigenvalue weighted by Gasteiger charge is -2.29. The Balaban J connectivity index is 1.99. The van der Waals surface area contributed by atoms with Crippen molar-refractivity contribution < 1.29 is 51.4 Å².